The van der Waals surface area contributed by atoms with Crippen LogP contribution < -0.4 is 10.2 Å². The summed E-state index contributed by atoms with van der Waals surface area (Å²) in [7, 11) is 0. The molecule has 196 valence electrons. The average molecular weight is 511 g/mol. The molecule has 0 bridgehead atoms. The summed E-state index contributed by atoms with van der Waals surface area (Å²) in [5.41, 5.74) is 1.70. The van der Waals surface area contributed by atoms with Gasteiger partial charge in [-0.1, -0.05) is 13.3 Å². The Labute approximate surface area is 214 Å². The lowest BCUT2D eigenvalue weighted by molar-refractivity contribution is -0.151. The summed E-state index contributed by atoms with van der Waals surface area (Å²) in [5, 5.41) is 2.58. The molecule has 0 radical (unpaired) electrons. The Balaban J connectivity index is 1.47. The zero-order valence-electron chi connectivity index (χ0n) is 20.9. The van der Waals surface area contributed by atoms with E-state index in [1.54, 1.807) is 31.2 Å². The summed E-state index contributed by atoms with van der Waals surface area (Å²) in [4.78, 5) is 62.3. The molecule has 2 aromatic carbocycles. The van der Waals surface area contributed by atoms with Crippen molar-refractivity contribution < 1.29 is 38.2 Å². The molecule has 1 heterocycles. The number of unbranched alkanes of at least 4 members (excludes halogenated alkanes) is 1. The standard InChI is InChI=1S/C27H30N2O8/c1-3-5-14-36-26(33)19-8-12-22(13-9-19)29-16-20(15-24(29)31)27(34)37-17-23(30)28-21-10-6-18(7-11-21)25(32)35-4-2/h6-13,20H,3-5,14-17H2,1-2H3,(H,28,30)/t20-/m0/s1. The lowest BCUT2D eigenvalue weighted by atomic mass is 10.1. The predicted octanol–water partition coefficient (Wildman–Crippen LogP) is 3.36. The van der Waals surface area contributed by atoms with E-state index < -0.39 is 36.3 Å². The Bertz CT molecular complexity index is 1130. The Kier molecular flexibility index (Phi) is 9.76. The number of hydrogen-bond donors (Lipinski definition) is 1. The number of benzene rings is 2. The maximum atomic E-state index is 12.5. The number of anilines is 2. The van der Waals surface area contributed by atoms with Crippen LogP contribution in [0.15, 0.2) is 48.5 Å². The van der Waals surface area contributed by atoms with Gasteiger partial charge in [-0.05, 0) is 61.9 Å². The Hall–Kier alpha value is -4.21. The van der Waals surface area contributed by atoms with Gasteiger partial charge in [-0.15, -0.1) is 0 Å². The Morgan fingerprint density at radius 1 is 0.892 bits per heavy atom. The van der Waals surface area contributed by atoms with E-state index in [0.29, 0.717) is 29.1 Å². The summed E-state index contributed by atoms with van der Waals surface area (Å²) in [5.74, 6) is -3.08. The van der Waals surface area contributed by atoms with Crippen LogP contribution >= 0.6 is 0 Å². The second-order valence-electron chi connectivity index (χ2n) is 8.40. The highest BCUT2D eigenvalue weighted by atomic mass is 16.5. The van der Waals surface area contributed by atoms with Crippen molar-refractivity contribution in [1.29, 1.82) is 0 Å². The van der Waals surface area contributed by atoms with Gasteiger partial charge in [0.1, 0.15) is 0 Å². The molecule has 10 nitrogen and oxygen atoms in total. The summed E-state index contributed by atoms with van der Waals surface area (Å²) in [6, 6.07) is 12.5. The van der Waals surface area contributed by atoms with E-state index in [-0.39, 0.29) is 25.5 Å². The second-order valence-corrected chi connectivity index (χ2v) is 8.40. The van der Waals surface area contributed by atoms with E-state index in [4.69, 9.17) is 14.2 Å². The van der Waals surface area contributed by atoms with Gasteiger partial charge >= 0.3 is 17.9 Å². The SMILES string of the molecule is CCCCOC(=O)c1ccc(N2C[C@@H](C(=O)OCC(=O)Nc3ccc(C(=O)OCC)cc3)CC2=O)cc1. The highest BCUT2D eigenvalue weighted by Crippen LogP contribution is 2.26. The zero-order chi connectivity index (χ0) is 26.8. The third kappa shape index (κ3) is 7.63. The third-order valence-corrected chi connectivity index (χ3v) is 5.63. The fraction of sp³-hybridized carbons (Fsp3) is 0.370. The maximum absolute atomic E-state index is 12.5. The first-order chi connectivity index (χ1) is 17.8. The number of nitrogens with one attached hydrogen (secondary N) is 1. The van der Waals surface area contributed by atoms with Crippen LogP contribution in [0, 0.1) is 5.92 Å². The number of amides is 2. The van der Waals surface area contributed by atoms with E-state index in [2.05, 4.69) is 5.32 Å². The lowest BCUT2D eigenvalue weighted by Crippen LogP contribution is -2.28. The van der Waals surface area contributed by atoms with Crippen LogP contribution in [-0.2, 0) is 28.6 Å². The van der Waals surface area contributed by atoms with Gasteiger partial charge in [-0.25, -0.2) is 9.59 Å². The first-order valence-corrected chi connectivity index (χ1v) is 12.1. The summed E-state index contributed by atoms with van der Waals surface area (Å²) >= 11 is 0. The van der Waals surface area contributed by atoms with Crippen LogP contribution in [0.2, 0.25) is 0 Å². The Morgan fingerprint density at radius 2 is 1.51 bits per heavy atom. The normalized spacial score (nSPS) is 14.7. The molecule has 1 atom stereocenters. The molecule has 0 aliphatic carbocycles. The molecular formula is C27H30N2O8. The first-order valence-electron chi connectivity index (χ1n) is 12.1. The van der Waals surface area contributed by atoms with Gasteiger partial charge in [-0.3, -0.25) is 14.4 Å². The molecule has 1 aliphatic heterocycles. The summed E-state index contributed by atoms with van der Waals surface area (Å²) in [6.07, 6.45) is 1.66. The highest BCUT2D eigenvalue weighted by molar-refractivity contribution is 6.00. The molecule has 1 aliphatic rings. The number of hydrogen-bond acceptors (Lipinski definition) is 8. The lowest BCUT2D eigenvalue weighted by Gasteiger charge is -2.17. The monoisotopic (exact) mass is 510 g/mol. The number of esters is 3. The maximum Gasteiger partial charge on any atom is 0.338 e. The van der Waals surface area contributed by atoms with E-state index in [1.165, 1.54) is 29.2 Å². The molecule has 0 aromatic heterocycles. The number of carbonyl (C=O) groups excluding carboxylic acids is 5. The number of nitrogens with zero attached hydrogens (tertiary/aromatic N) is 1. The van der Waals surface area contributed by atoms with Crippen molar-refractivity contribution >= 4 is 41.1 Å². The third-order valence-electron chi connectivity index (χ3n) is 5.63. The fourth-order valence-electron chi connectivity index (χ4n) is 3.64. The molecule has 1 N–H and O–H groups in total. The van der Waals surface area contributed by atoms with Crippen molar-refractivity contribution in [2.24, 2.45) is 5.92 Å². The molecule has 10 heteroatoms. The largest absolute Gasteiger partial charge is 0.462 e. The molecule has 0 saturated carbocycles. The Morgan fingerprint density at radius 3 is 2.14 bits per heavy atom. The number of ether oxygens (including phenoxy) is 3. The highest BCUT2D eigenvalue weighted by Gasteiger charge is 2.36. The topological polar surface area (TPSA) is 128 Å². The van der Waals surface area contributed by atoms with Crippen LogP contribution in [-0.4, -0.2) is 56.1 Å². The van der Waals surface area contributed by atoms with Crippen molar-refractivity contribution in [3.8, 4) is 0 Å². The number of carbonyl (C=O) groups is 5. The second kappa shape index (κ2) is 13.2. The van der Waals surface area contributed by atoms with Crippen LogP contribution in [0.5, 0.6) is 0 Å². The van der Waals surface area contributed by atoms with E-state index in [1.807, 2.05) is 6.92 Å². The molecular weight excluding hydrogens is 480 g/mol. The molecule has 37 heavy (non-hydrogen) atoms. The van der Waals surface area contributed by atoms with Gasteiger partial charge in [0.2, 0.25) is 5.91 Å². The van der Waals surface area contributed by atoms with E-state index >= 15 is 0 Å². The van der Waals surface area contributed by atoms with Gasteiger partial charge in [0, 0.05) is 24.3 Å². The molecule has 2 aromatic rings. The van der Waals surface area contributed by atoms with Crippen molar-refractivity contribution in [3.63, 3.8) is 0 Å². The van der Waals surface area contributed by atoms with Crippen molar-refractivity contribution in [2.75, 3.05) is 36.6 Å². The van der Waals surface area contributed by atoms with Gasteiger partial charge in [-0.2, -0.15) is 0 Å². The van der Waals surface area contributed by atoms with Gasteiger partial charge < -0.3 is 24.4 Å². The molecule has 1 fully saturated rings. The fourth-order valence-corrected chi connectivity index (χ4v) is 3.64. The first kappa shape index (κ1) is 27.4. The van der Waals surface area contributed by atoms with Crippen LogP contribution in [0.4, 0.5) is 11.4 Å². The van der Waals surface area contributed by atoms with Crippen molar-refractivity contribution in [3.05, 3.63) is 59.7 Å². The van der Waals surface area contributed by atoms with Crippen molar-refractivity contribution in [1.82, 2.24) is 0 Å². The predicted molar refractivity (Wildman–Crippen MR) is 134 cm³/mol. The van der Waals surface area contributed by atoms with Crippen molar-refractivity contribution in [2.45, 2.75) is 33.1 Å². The number of rotatable bonds is 11. The van der Waals surface area contributed by atoms with Gasteiger partial charge in [0.25, 0.3) is 5.91 Å². The minimum absolute atomic E-state index is 0.0451. The minimum atomic E-state index is -0.720. The van der Waals surface area contributed by atoms with Gasteiger partial charge in [0.15, 0.2) is 6.61 Å². The summed E-state index contributed by atoms with van der Waals surface area (Å²) < 4.78 is 15.2. The minimum Gasteiger partial charge on any atom is -0.462 e. The average Bonchev–Trinajstić information content (AvgIpc) is 3.29. The zero-order valence-corrected chi connectivity index (χ0v) is 20.9. The molecule has 0 spiro atoms. The van der Waals surface area contributed by atoms with E-state index in [0.717, 1.165) is 12.8 Å². The van der Waals surface area contributed by atoms with Crippen LogP contribution in [0.3, 0.4) is 0 Å². The molecule has 0 unspecified atom stereocenters. The van der Waals surface area contributed by atoms with E-state index in [9.17, 15) is 24.0 Å². The smallest absolute Gasteiger partial charge is 0.338 e. The molecule has 3 rings (SSSR count). The van der Waals surface area contributed by atoms with Gasteiger partial charge in [0.05, 0.1) is 30.3 Å². The quantitative estimate of drug-likeness (QED) is 0.277. The summed E-state index contributed by atoms with van der Waals surface area (Å²) in [6.45, 7) is 3.91. The molecule has 1 saturated heterocycles. The van der Waals surface area contributed by atoms with Crippen LogP contribution in [0.1, 0.15) is 53.8 Å². The molecule has 2 amide bonds. The van der Waals surface area contributed by atoms with Crippen LogP contribution in [0.25, 0.3) is 0 Å².